The van der Waals surface area contributed by atoms with Gasteiger partial charge in [-0.2, -0.15) is 0 Å². The summed E-state index contributed by atoms with van der Waals surface area (Å²) in [5, 5.41) is 3.31. The highest BCUT2D eigenvalue weighted by molar-refractivity contribution is 4.81. The first-order chi connectivity index (χ1) is 5.36. The molecule has 0 spiro atoms. The van der Waals surface area contributed by atoms with Crippen LogP contribution in [0.25, 0.3) is 0 Å². The van der Waals surface area contributed by atoms with Crippen molar-refractivity contribution in [2.24, 2.45) is 11.8 Å². The SMILES string of the molecule is CC1OCCC1CC1CNC1. The molecule has 0 saturated carbocycles. The first kappa shape index (κ1) is 7.56. The predicted molar refractivity (Wildman–Crippen MR) is 44.5 cm³/mol. The van der Waals surface area contributed by atoms with Crippen molar-refractivity contribution >= 4 is 0 Å². The van der Waals surface area contributed by atoms with Crippen LogP contribution in [-0.4, -0.2) is 25.8 Å². The molecule has 2 nitrogen and oxygen atoms in total. The Labute approximate surface area is 68.3 Å². The van der Waals surface area contributed by atoms with Gasteiger partial charge in [0.05, 0.1) is 6.10 Å². The summed E-state index contributed by atoms with van der Waals surface area (Å²) < 4.78 is 5.51. The Bertz CT molecular complexity index is 134. The zero-order valence-corrected chi connectivity index (χ0v) is 7.18. The third-order valence-electron chi connectivity index (χ3n) is 3.04. The molecule has 2 fully saturated rings. The van der Waals surface area contributed by atoms with Crippen molar-refractivity contribution in [1.82, 2.24) is 5.32 Å². The van der Waals surface area contributed by atoms with Crippen LogP contribution in [0.4, 0.5) is 0 Å². The lowest BCUT2D eigenvalue weighted by atomic mass is 9.87. The molecule has 0 amide bonds. The zero-order valence-electron chi connectivity index (χ0n) is 7.18. The minimum atomic E-state index is 0.524. The molecular formula is C9H17NO. The van der Waals surface area contributed by atoms with Crippen molar-refractivity contribution in [1.29, 1.82) is 0 Å². The van der Waals surface area contributed by atoms with E-state index in [1.165, 1.54) is 25.9 Å². The van der Waals surface area contributed by atoms with Crippen LogP contribution in [0.5, 0.6) is 0 Å². The lowest BCUT2D eigenvalue weighted by Crippen LogP contribution is -2.43. The smallest absolute Gasteiger partial charge is 0.0576 e. The number of hydrogen-bond acceptors (Lipinski definition) is 2. The van der Waals surface area contributed by atoms with E-state index in [4.69, 9.17) is 4.74 Å². The molecule has 64 valence electrons. The molecule has 11 heavy (non-hydrogen) atoms. The molecule has 1 N–H and O–H groups in total. The summed E-state index contributed by atoms with van der Waals surface area (Å²) in [5.41, 5.74) is 0. The number of nitrogens with one attached hydrogen (secondary N) is 1. The second kappa shape index (κ2) is 3.11. The monoisotopic (exact) mass is 155 g/mol. The topological polar surface area (TPSA) is 21.3 Å². The van der Waals surface area contributed by atoms with Crippen molar-refractivity contribution < 1.29 is 4.74 Å². The standard InChI is InChI=1S/C9H17NO/c1-7-9(2-3-11-7)4-8-5-10-6-8/h7-10H,2-6H2,1H3. The average Bonchev–Trinajstić information content (AvgIpc) is 2.27. The van der Waals surface area contributed by atoms with Crippen molar-refractivity contribution in [3.05, 3.63) is 0 Å². The zero-order chi connectivity index (χ0) is 7.68. The maximum Gasteiger partial charge on any atom is 0.0576 e. The van der Waals surface area contributed by atoms with Gasteiger partial charge < -0.3 is 10.1 Å². The Kier molecular flexibility index (Phi) is 2.14. The third kappa shape index (κ3) is 1.57. The summed E-state index contributed by atoms with van der Waals surface area (Å²) in [7, 11) is 0. The minimum absolute atomic E-state index is 0.524. The average molecular weight is 155 g/mol. The van der Waals surface area contributed by atoms with E-state index in [1.807, 2.05) is 0 Å². The summed E-state index contributed by atoms with van der Waals surface area (Å²) in [5.74, 6) is 1.80. The second-order valence-electron chi connectivity index (χ2n) is 3.88. The summed E-state index contributed by atoms with van der Waals surface area (Å²) in [6, 6.07) is 0. The Morgan fingerprint density at radius 3 is 2.73 bits per heavy atom. The van der Waals surface area contributed by atoms with Crippen LogP contribution < -0.4 is 5.32 Å². The van der Waals surface area contributed by atoms with Gasteiger partial charge in [0, 0.05) is 6.61 Å². The van der Waals surface area contributed by atoms with Gasteiger partial charge in [0.25, 0.3) is 0 Å². The molecular weight excluding hydrogens is 138 g/mol. The maximum absolute atomic E-state index is 5.51. The Morgan fingerprint density at radius 2 is 2.27 bits per heavy atom. The summed E-state index contributed by atoms with van der Waals surface area (Å²) in [6.07, 6.45) is 3.20. The highest BCUT2D eigenvalue weighted by Crippen LogP contribution is 2.28. The van der Waals surface area contributed by atoms with Crippen LogP contribution in [0.1, 0.15) is 19.8 Å². The van der Waals surface area contributed by atoms with Crippen molar-refractivity contribution in [2.45, 2.75) is 25.9 Å². The summed E-state index contributed by atoms with van der Waals surface area (Å²) in [6.45, 7) is 5.68. The van der Waals surface area contributed by atoms with Gasteiger partial charge in [-0.25, -0.2) is 0 Å². The van der Waals surface area contributed by atoms with Gasteiger partial charge in [0.1, 0.15) is 0 Å². The fourth-order valence-corrected chi connectivity index (χ4v) is 2.03. The van der Waals surface area contributed by atoms with E-state index >= 15 is 0 Å². The predicted octanol–water partition coefficient (Wildman–Crippen LogP) is 1.02. The first-order valence-electron chi connectivity index (χ1n) is 4.68. The van der Waals surface area contributed by atoms with E-state index in [9.17, 15) is 0 Å². The van der Waals surface area contributed by atoms with Crippen LogP contribution in [0.15, 0.2) is 0 Å². The van der Waals surface area contributed by atoms with E-state index in [2.05, 4.69) is 12.2 Å². The molecule has 2 atom stereocenters. The van der Waals surface area contributed by atoms with Gasteiger partial charge in [0.15, 0.2) is 0 Å². The molecule has 0 aromatic rings. The Balaban J connectivity index is 1.75. The van der Waals surface area contributed by atoms with Crippen molar-refractivity contribution in [3.63, 3.8) is 0 Å². The summed E-state index contributed by atoms with van der Waals surface area (Å²) >= 11 is 0. The van der Waals surface area contributed by atoms with Gasteiger partial charge in [-0.1, -0.05) is 0 Å². The number of rotatable bonds is 2. The van der Waals surface area contributed by atoms with Crippen LogP contribution in [0.2, 0.25) is 0 Å². The molecule has 0 bridgehead atoms. The quantitative estimate of drug-likeness (QED) is 0.643. The van der Waals surface area contributed by atoms with Crippen LogP contribution in [-0.2, 0) is 4.74 Å². The molecule has 2 aliphatic heterocycles. The molecule has 2 saturated heterocycles. The van der Waals surface area contributed by atoms with E-state index < -0.39 is 0 Å². The van der Waals surface area contributed by atoms with Crippen LogP contribution in [0, 0.1) is 11.8 Å². The molecule has 2 aliphatic rings. The molecule has 0 aromatic carbocycles. The molecule has 2 rings (SSSR count). The third-order valence-corrected chi connectivity index (χ3v) is 3.04. The van der Waals surface area contributed by atoms with E-state index in [-0.39, 0.29) is 0 Å². The molecule has 0 aliphatic carbocycles. The molecule has 0 radical (unpaired) electrons. The molecule has 2 heteroatoms. The summed E-state index contributed by atoms with van der Waals surface area (Å²) in [4.78, 5) is 0. The van der Waals surface area contributed by atoms with Crippen LogP contribution in [0.3, 0.4) is 0 Å². The van der Waals surface area contributed by atoms with Gasteiger partial charge in [-0.15, -0.1) is 0 Å². The molecule has 2 heterocycles. The van der Waals surface area contributed by atoms with Gasteiger partial charge in [-0.05, 0) is 44.7 Å². The van der Waals surface area contributed by atoms with E-state index in [0.29, 0.717) is 6.10 Å². The van der Waals surface area contributed by atoms with Gasteiger partial charge >= 0.3 is 0 Å². The normalized spacial score (nSPS) is 39.0. The van der Waals surface area contributed by atoms with E-state index in [1.54, 1.807) is 0 Å². The fraction of sp³-hybridized carbons (Fsp3) is 1.00. The Hall–Kier alpha value is -0.0800. The minimum Gasteiger partial charge on any atom is -0.378 e. The second-order valence-corrected chi connectivity index (χ2v) is 3.88. The van der Waals surface area contributed by atoms with E-state index in [0.717, 1.165) is 18.4 Å². The number of hydrogen-bond donors (Lipinski definition) is 1. The largest absolute Gasteiger partial charge is 0.378 e. The highest BCUT2D eigenvalue weighted by Gasteiger charge is 2.29. The first-order valence-corrected chi connectivity index (χ1v) is 4.68. The Morgan fingerprint density at radius 1 is 1.45 bits per heavy atom. The highest BCUT2D eigenvalue weighted by atomic mass is 16.5. The van der Waals surface area contributed by atoms with Crippen molar-refractivity contribution in [2.75, 3.05) is 19.7 Å². The number of ether oxygens (including phenoxy) is 1. The fourth-order valence-electron chi connectivity index (χ4n) is 2.03. The maximum atomic E-state index is 5.51. The molecule has 2 unspecified atom stereocenters. The van der Waals surface area contributed by atoms with Gasteiger partial charge in [-0.3, -0.25) is 0 Å². The van der Waals surface area contributed by atoms with Crippen molar-refractivity contribution in [3.8, 4) is 0 Å². The lowest BCUT2D eigenvalue weighted by Gasteiger charge is -2.30. The van der Waals surface area contributed by atoms with Crippen LogP contribution >= 0.6 is 0 Å². The van der Waals surface area contributed by atoms with Gasteiger partial charge in [0.2, 0.25) is 0 Å². The lowest BCUT2D eigenvalue weighted by molar-refractivity contribution is 0.0957. The molecule has 0 aromatic heterocycles.